The number of rotatable bonds is 5. The van der Waals surface area contributed by atoms with Gasteiger partial charge in [0, 0.05) is 54.0 Å². The minimum absolute atomic E-state index is 0.344. The molecule has 0 spiro atoms. The largest absolute Gasteiger partial charge is 0.474 e. The van der Waals surface area contributed by atoms with Crippen LogP contribution in [-0.2, 0) is 6.42 Å². The number of halogens is 1. The Labute approximate surface area is 110 Å². The van der Waals surface area contributed by atoms with Crippen LogP contribution in [0.4, 0.5) is 0 Å². The summed E-state index contributed by atoms with van der Waals surface area (Å²) in [6.07, 6.45) is 6.62. The monoisotopic (exact) mass is 332 g/mol. The molecule has 0 amide bonds. The van der Waals surface area contributed by atoms with Crippen molar-refractivity contribution in [2.75, 3.05) is 0 Å². The first kappa shape index (κ1) is 12.1. The number of ether oxygens (including phenoxy) is 1. The van der Waals surface area contributed by atoms with E-state index in [9.17, 15) is 0 Å². The predicted molar refractivity (Wildman–Crippen MR) is 72.8 cm³/mol. The SMILES string of the molecule is CCCc1ccnc(OC2CC(NI)C2)c1. The first-order chi connectivity index (χ1) is 7.81. The van der Waals surface area contributed by atoms with Crippen molar-refractivity contribution in [1.29, 1.82) is 0 Å². The summed E-state index contributed by atoms with van der Waals surface area (Å²) in [6, 6.07) is 4.74. The minimum Gasteiger partial charge on any atom is -0.474 e. The molecule has 0 saturated heterocycles. The van der Waals surface area contributed by atoms with Crippen LogP contribution in [0.3, 0.4) is 0 Å². The Morgan fingerprint density at radius 3 is 3.06 bits per heavy atom. The number of hydrogen-bond acceptors (Lipinski definition) is 3. The summed E-state index contributed by atoms with van der Waals surface area (Å²) in [5, 5.41) is 0. The molecule has 1 aromatic rings. The molecule has 1 heterocycles. The fourth-order valence-corrected chi connectivity index (χ4v) is 2.39. The molecule has 1 saturated carbocycles. The number of hydrogen-bond donors (Lipinski definition) is 1. The Morgan fingerprint density at radius 1 is 1.56 bits per heavy atom. The molecule has 1 aliphatic carbocycles. The van der Waals surface area contributed by atoms with Gasteiger partial charge in [-0.15, -0.1) is 0 Å². The van der Waals surface area contributed by atoms with Crippen LogP contribution in [0.5, 0.6) is 5.88 Å². The van der Waals surface area contributed by atoms with E-state index in [-0.39, 0.29) is 0 Å². The number of aryl methyl sites for hydroxylation is 1. The van der Waals surface area contributed by atoms with E-state index in [1.165, 1.54) is 5.56 Å². The van der Waals surface area contributed by atoms with Gasteiger partial charge in [0.1, 0.15) is 6.10 Å². The van der Waals surface area contributed by atoms with Crippen molar-refractivity contribution < 1.29 is 4.74 Å². The Hall–Kier alpha value is -0.360. The molecule has 1 N–H and O–H groups in total. The predicted octanol–water partition coefficient (Wildman–Crippen LogP) is 2.88. The highest BCUT2D eigenvalue weighted by atomic mass is 127. The van der Waals surface area contributed by atoms with Crippen LogP contribution in [-0.4, -0.2) is 17.1 Å². The van der Waals surface area contributed by atoms with E-state index in [2.05, 4.69) is 50.4 Å². The second kappa shape index (κ2) is 5.82. The van der Waals surface area contributed by atoms with E-state index in [1.807, 2.05) is 6.20 Å². The zero-order chi connectivity index (χ0) is 11.4. The van der Waals surface area contributed by atoms with Crippen LogP contribution in [0.25, 0.3) is 0 Å². The maximum atomic E-state index is 5.81. The fourth-order valence-electron chi connectivity index (χ4n) is 1.88. The van der Waals surface area contributed by atoms with Crippen LogP contribution in [0.1, 0.15) is 31.7 Å². The Bertz CT molecular complexity index is 340. The van der Waals surface area contributed by atoms with Crippen LogP contribution in [0.2, 0.25) is 0 Å². The first-order valence-corrected chi connectivity index (χ1v) is 6.87. The molecule has 0 atom stereocenters. The van der Waals surface area contributed by atoms with Crippen LogP contribution in [0.15, 0.2) is 18.3 Å². The van der Waals surface area contributed by atoms with Crippen LogP contribution < -0.4 is 8.27 Å². The zero-order valence-electron chi connectivity index (χ0n) is 9.45. The Kier molecular flexibility index (Phi) is 4.40. The molecule has 16 heavy (non-hydrogen) atoms. The standard InChI is InChI=1S/C12H17IN2O/c1-2-3-9-4-5-14-12(6-9)16-11-7-10(8-11)15-13/h4-6,10-11,15H,2-3,7-8H2,1H3. The lowest BCUT2D eigenvalue weighted by Crippen LogP contribution is -2.43. The molecule has 3 nitrogen and oxygen atoms in total. The maximum Gasteiger partial charge on any atom is 0.213 e. The van der Waals surface area contributed by atoms with Gasteiger partial charge in [0.15, 0.2) is 0 Å². The molecule has 0 aromatic carbocycles. The molecule has 2 rings (SSSR count). The quantitative estimate of drug-likeness (QED) is 0.665. The number of pyridine rings is 1. The molecule has 0 radical (unpaired) electrons. The van der Waals surface area contributed by atoms with E-state index in [4.69, 9.17) is 4.74 Å². The van der Waals surface area contributed by atoms with Gasteiger partial charge in [-0.05, 0) is 18.1 Å². The van der Waals surface area contributed by atoms with Gasteiger partial charge in [0.2, 0.25) is 5.88 Å². The Balaban J connectivity index is 1.87. The summed E-state index contributed by atoms with van der Waals surface area (Å²) in [4.78, 5) is 4.25. The van der Waals surface area contributed by atoms with Crippen molar-refractivity contribution in [1.82, 2.24) is 8.51 Å². The molecule has 88 valence electrons. The lowest BCUT2D eigenvalue weighted by Gasteiger charge is -2.33. The minimum atomic E-state index is 0.344. The lowest BCUT2D eigenvalue weighted by molar-refractivity contribution is 0.0924. The summed E-state index contributed by atoms with van der Waals surface area (Å²) in [5.74, 6) is 0.780. The van der Waals surface area contributed by atoms with Crippen molar-refractivity contribution in [2.24, 2.45) is 0 Å². The molecule has 0 aliphatic heterocycles. The summed E-state index contributed by atoms with van der Waals surface area (Å²) in [7, 11) is 0. The lowest BCUT2D eigenvalue weighted by atomic mass is 9.90. The second-order valence-electron chi connectivity index (χ2n) is 4.27. The van der Waals surface area contributed by atoms with Gasteiger partial charge in [-0.25, -0.2) is 4.98 Å². The molecule has 0 bridgehead atoms. The third-order valence-electron chi connectivity index (χ3n) is 2.87. The molecular weight excluding hydrogens is 315 g/mol. The van der Waals surface area contributed by atoms with Gasteiger partial charge in [-0.2, -0.15) is 0 Å². The van der Waals surface area contributed by atoms with Gasteiger partial charge in [-0.3, -0.25) is 3.53 Å². The van der Waals surface area contributed by atoms with E-state index in [1.54, 1.807) is 0 Å². The Morgan fingerprint density at radius 2 is 2.38 bits per heavy atom. The molecular formula is C12H17IN2O. The average molecular weight is 332 g/mol. The second-order valence-corrected chi connectivity index (χ2v) is 4.89. The smallest absolute Gasteiger partial charge is 0.213 e. The first-order valence-electron chi connectivity index (χ1n) is 5.79. The van der Waals surface area contributed by atoms with Crippen molar-refractivity contribution in [3.8, 4) is 5.88 Å². The number of aromatic nitrogens is 1. The van der Waals surface area contributed by atoms with Crippen molar-refractivity contribution in [3.05, 3.63) is 23.9 Å². The van der Waals surface area contributed by atoms with Gasteiger partial charge in [0.25, 0.3) is 0 Å². The molecule has 1 aromatic heterocycles. The molecule has 1 fully saturated rings. The van der Waals surface area contributed by atoms with E-state index in [0.29, 0.717) is 12.1 Å². The van der Waals surface area contributed by atoms with Gasteiger partial charge in [-0.1, -0.05) is 13.3 Å². The van der Waals surface area contributed by atoms with Gasteiger partial charge < -0.3 is 4.74 Å². The number of nitrogens with one attached hydrogen (secondary N) is 1. The van der Waals surface area contributed by atoms with E-state index < -0.39 is 0 Å². The highest BCUT2D eigenvalue weighted by Gasteiger charge is 2.30. The summed E-state index contributed by atoms with van der Waals surface area (Å²) < 4.78 is 9.03. The summed E-state index contributed by atoms with van der Waals surface area (Å²) in [5.41, 5.74) is 1.32. The highest BCUT2D eigenvalue weighted by molar-refractivity contribution is 14.1. The molecule has 4 heteroatoms. The molecule has 1 aliphatic rings. The third-order valence-corrected chi connectivity index (χ3v) is 3.76. The maximum absolute atomic E-state index is 5.81. The van der Waals surface area contributed by atoms with E-state index in [0.717, 1.165) is 31.6 Å². The molecule has 0 unspecified atom stereocenters. The number of nitrogens with zero attached hydrogens (tertiary/aromatic N) is 1. The summed E-state index contributed by atoms with van der Waals surface area (Å²) in [6.45, 7) is 2.18. The van der Waals surface area contributed by atoms with Gasteiger partial charge >= 0.3 is 0 Å². The van der Waals surface area contributed by atoms with E-state index >= 15 is 0 Å². The topological polar surface area (TPSA) is 34.1 Å². The average Bonchev–Trinajstić information content (AvgIpc) is 2.24. The fraction of sp³-hybridized carbons (Fsp3) is 0.583. The zero-order valence-corrected chi connectivity index (χ0v) is 11.6. The van der Waals surface area contributed by atoms with Crippen molar-refractivity contribution in [3.63, 3.8) is 0 Å². The summed E-state index contributed by atoms with van der Waals surface area (Å²) >= 11 is 2.20. The highest BCUT2D eigenvalue weighted by Crippen LogP contribution is 2.25. The van der Waals surface area contributed by atoms with Crippen LogP contribution in [0, 0.1) is 0 Å². The normalized spacial score (nSPS) is 23.9. The third kappa shape index (κ3) is 3.07. The van der Waals surface area contributed by atoms with Crippen molar-refractivity contribution >= 4 is 22.9 Å². The van der Waals surface area contributed by atoms with Gasteiger partial charge in [0.05, 0.1) is 0 Å². The van der Waals surface area contributed by atoms with Crippen LogP contribution >= 0.6 is 22.9 Å². The van der Waals surface area contributed by atoms with Crippen molar-refractivity contribution in [2.45, 2.75) is 44.8 Å².